The van der Waals surface area contributed by atoms with Gasteiger partial charge < -0.3 is 4.74 Å². The lowest BCUT2D eigenvalue weighted by Gasteiger charge is -2.32. The van der Waals surface area contributed by atoms with Crippen LogP contribution in [0.2, 0.25) is 0 Å². The molecule has 86 valence electrons. The first-order valence-corrected chi connectivity index (χ1v) is 6.06. The summed E-state index contributed by atoms with van der Waals surface area (Å²) in [7, 11) is 0. The van der Waals surface area contributed by atoms with Crippen LogP contribution in [0.25, 0.3) is 0 Å². The zero-order chi connectivity index (χ0) is 11.3. The van der Waals surface area contributed by atoms with Crippen molar-refractivity contribution in [2.45, 2.75) is 64.6 Å². The lowest BCUT2D eigenvalue weighted by Crippen LogP contribution is -2.38. The van der Waals surface area contributed by atoms with Crippen molar-refractivity contribution in [2.75, 3.05) is 0 Å². The molecule has 2 aliphatic rings. The minimum atomic E-state index is -0.268. The highest BCUT2D eigenvalue weighted by Crippen LogP contribution is 2.45. The fourth-order valence-electron chi connectivity index (χ4n) is 2.98. The Kier molecular flexibility index (Phi) is 2.45. The summed E-state index contributed by atoms with van der Waals surface area (Å²) in [5.41, 5.74) is -0.399. The van der Waals surface area contributed by atoms with E-state index in [1.807, 2.05) is 0 Å². The van der Waals surface area contributed by atoms with Gasteiger partial charge in [-0.2, -0.15) is 0 Å². The van der Waals surface area contributed by atoms with E-state index in [-0.39, 0.29) is 17.1 Å². The van der Waals surface area contributed by atoms with Crippen LogP contribution in [0.1, 0.15) is 53.4 Å². The van der Waals surface area contributed by atoms with E-state index in [9.17, 15) is 4.79 Å². The quantitative estimate of drug-likeness (QED) is 0.700. The first kappa shape index (κ1) is 11.1. The van der Waals surface area contributed by atoms with Crippen LogP contribution in [0.15, 0.2) is 0 Å². The van der Waals surface area contributed by atoms with Crippen molar-refractivity contribution in [3.63, 3.8) is 0 Å². The number of hydrogen-bond acceptors (Lipinski definition) is 2. The molecule has 2 nitrogen and oxygen atoms in total. The first-order valence-electron chi connectivity index (χ1n) is 6.06. The molecule has 0 aromatic heterocycles. The Hall–Kier alpha value is -0.370. The molecule has 1 aliphatic carbocycles. The van der Waals surface area contributed by atoms with Crippen molar-refractivity contribution in [3.8, 4) is 0 Å². The number of Topliss-reactive ketones (excluding diaryl/α,β-unsaturated/α-hetero) is 1. The molecule has 1 unspecified atom stereocenters. The molecule has 0 amide bonds. The van der Waals surface area contributed by atoms with Crippen LogP contribution in [-0.2, 0) is 9.53 Å². The van der Waals surface area contributed by atoms with Gasteiger partial charge in [-0.3, -0.25) is 4.79 Å². The lowest BCUT2D eigenvalue weighted by atomic mass is 9.72. The number of carbonyl (C=O) groups is 1. The van der Waals surface area contributed by atoms with Crippen LogP contribution in [0, 0.1) is 11.8 Å². The molecule has 1 saturated heterocycles. The van der Waals surface area contributed by atoms with Gasteiger partial charge in [-0.15, -0.1) is 0 Å². The maximum atomic E-state index is 12.3. The van der Waals surface area contributed by atoms with Crippen molar-refractivity contribution in [3.05, 3.63) is 0 Å². The van der Waals surface area contributed by atoms with Crippen molar-refractivity contribution in [1.29, 1.82) is 0 Å². The van der Waals surface area contributed by atoms with Crippen LogP contribution in [-0.4, -0.2) is 17.0 Å². The molecule has 2 heteroatoms. The van der Waals surface area contributed by atoms with E-state index in [0.717, 1.165) is 19.3 Å². The zero-order valence-electron chi connectivity index (χ0n) is 10.3. The first-order chi connectivity index (χ1) is 6.82. The van der Waals surface area contributed by atoms with Gasteiger partial charge in [-0.05, 0) is 47.0 Å². The van der Waals surface area contributed by atoms with Crippen molar-refractivity contribution in [2.24, 2.45) is 11.8 Å². The van der Waals surface area contributed by atoms with E-state index < -0.39 is 0 Å². The summed E-state index contributed by atoms with van der Waals surface area (Å²) in [5, 5.41) is 0. The molecule has 0 bridgehead atoms. The van der Waals surface area contributed by atoms with E-state index in [1.165, 1.54) is 6.42 Å². The average molecular weight is 210 g/mol. The number of carbonyl (C=O) groups excluding carboxylic acids is 1. The van der Waals surface area contributed by atoms with Crippen LogP contribution in [0.5, 0.6) is 0 Å². The normalized spacial score (nSPS) is 33.7. The highest BCUT2D eigenvalue weighted by molar-refractivity contribution is 5.85. The van der Waals surface area contributed by atoms with Gasteiger partial charge in [0, 0.05) is 11.8 Å². The van der Waals surface area contributed by atoms with E-state index in [2.05, 4.69) is 27.7 Å². The van der Waals surface area contributed by atoms with E-state index in [1.54, 1.807) is 0 Å². The maximum Gasteiger partial charge on any atom is 0.142 e. The molecule has 1 heterocycles. The van der Waals surface area contributed by atoms with Crippen molar-refractivity contribution < 1.29 is 9.53 Å². The topological polar surface area (TPSA) is 26.3 Å². The molecular weight excluding hydrogens is 188 g/mol. The van der Waals surface area contributed by atoms with Crippen LogP contribution < -0.4 is 0 Å². The molecule has 0 N–H and O–H groups in total. The molecule has 1 atom stereocenters. The van der Waals surface area contributed by atoms with Gasteiger partial charge >= 0.3 is 0 Å². The molecule has 15 heavy (non-hydrogen) atoms. The van der Waals surface area contributed by atoms with Gasteiger partial charge in [0.05, 0.1) is 11.2 Å². The second kappa shape index (κ2) is 3.31. The Morgan fingerprint density at radius 3 is 2.13 bits per heavy atom. The van der Waals surface area contributed by atoms with Gasteiger partial charge in [0.15, 0.2) is 0 Å². The highest BCUT2D eigenvalue weighted by atomic mass is 16.5. The third-order valence-electron chi connectivity index (χ3n) is 3.93. The third-order valence-corrected chi connectivity index (χ3v) is 3.93. The zero-order valence-corrected chi connectivity index (χ0v) is 10.3. The number of ketones is 1. The van der Waals surface area contributed by atoms with Gasteiger partial charge in [-0.25, -0.2) is 0 Å². The van der Waals surface area contributed by atoms with Crippen LogP contribution in [0.3, 0.4) is 0 Å². The van der Waals surface area contributed by atoms with E-state index in [4.69, 9.17) is 4.74 Å². The molecule has 2 fully saturated rings. The molecule has 2 rings (SSSR count). The van der Waals surface area contributed by atoms with Crippen LogP contribution >= 0.6 is 0 Å². The molecule has 0 aromatic rings. The maximum absolute atomic E-state index is 12.3. The van der Waals surface area contributed by atoms with Gasteiger partial charge in [0.25, 0.3) is 0 Å². The second-order valence-electron chi connectivity index (χ2n) is 6.25. The SMILES string of the molecule is CC1(C)CC(C(=O)C2CCC2)C(C)(C)O1. The molecule has 0 spiro atoms. The Morgan fingerprint density at radius 2 is 1.80 bits per heavy atom. The Morgan fingerprint density at radius 1 is 1.20 bits per heavy atom. The summed E-state index contributed by atoms with van der Waals surface area (Å²) >= 11 is 0. The van der Waals surface area contributed by atoms with E-state index in [0.29, 0.717) is 11.7 Å². The third kappa shape index (κ3) is 1.96. The number of hydrogen-bond donors (Lipinski definition) is 0. The van der Waals surface area contributed by atoms with E-state index >= 15 is 0 Å². The van der Waals surface area contributed by atoms with Gasteiger partial charge in [0.2, 0.25) is 0 Å². The minimum absolute atomic E-state index is 0.109. The molecular formula is C13H22O2. The highest BCUT2D eigenvalue weighted by Gasteiger charge is 2.50. The summed E-state index contributed by atoms with van der Waals surface area (Å²) in [5.74, 6) is 0.904. The number of rotatable bonds is 2. The summed E-state index contributed by atoms with van der Waals surface area (Å²) in [6.07, 6.45) is 4.32. The second-order valence-corrected chi connectivity index (χ2v) is 6.25. The standard InChI is InChI=1S/C13H22O2/c1-12(2)8-10(13(3,4)15-12)11(14)9-6-5-7-9/h9-10H,5-8H2,1-4H3. The average Bonchev–Trinajstić information content (AvgIpc) is 2.14. The Bertz CT molecular complexity index is 274. The smallest absolute Gasteiger partial charge is 0.142 e. The summed E-state index contributed by atoms with van der Waals surface area (Å²) < 4.78 is 5.97. The fraction of sp³-hybridized carbons (Fsp3) is 0.923. The van der Waals surface area contributed by atoms with Gasteiger partial charge in [0.1, 0.15) is 5.78 Å². The molecule has 0 radical (unpaired) electrons. The fourth-order valence-corrected chi connectivity index (χ4v) is 2.98. The molecule has 1 aliphatic heterocycles. The molecule has 0 aromatic carbocycles. The summed E-state index contributed by atoms with van der Waals surface area (Å²) in [6.45, 7) is 8.29. The van der Waals surface area contributed by atoms with Crippen molar-refractivity contribution >= 4 is 5.78 Å². The Labute approximate surface area is 92.4 Å². The Balaban J connectivity index is 2.11. The largest absolute Gasteiger partial charge is 0.369 e. The summed E-state index contributed by atoms with van der Waals surface area (Å²) in [6, 6.07) is 0. The lowest BCUT2D eigenvalue weighted by molar-refractivity contribution is -0.135. The van der Waals surface area contributed by atoms with Crippen LogP contribution in [0.4, 0.5) is 0 Å². The minimum Gasteiger partial charge on any atom is -0.369 e. The monoisotopic (exact) mass is 210 g/mol. The van der Waals surface area contributed by atoms with Gasteiger partial charge in [-0.1, -0.05) is 6.42 Å². The van der Waals surface area contributed by atoms with Crippen molar-refractivity contribution in [1.82, 2.24) is 0 Å². The number of ether oxygens (including phenoxy) is 1. The predicted octanol–water partition coefficient (Wildman–Crippen LogP) is 2.95. The summed E-state index contributed by atoms with van der Waals surface area (Å²) in [4.78, 5) is 12.3. The predicted molar refractivity (Wildman–Crippen MR) is 59.7 cm³/mol. The molecule has 1 saturated carbocycles.